The second-order valence-corrected chi connectivity index (χ2v) is 6.36. The maximum atomic E-state index is 12.5. The molecule has 0 amide bonds. The molecular formula is C17H17N7O2. The number of nitriles is 1. The standard InChI is InChI=1S/C17H17N7O2/c18-8-10-4-1-2-6-13(10)24-14-12(22-17(24)26)9-20-16(23-14)21-11-5-3-7-19-15(11)25/h3,5,7,9-10,13H,1-2,4,6H2,(H,19,25)(H,22,26)(H,20,21,23)/t10?,13-/m0/s1. The van der Waals surface area contributed by atoms with E-state index in [1.807, 2.05) is 0 Å². The highest BCUT2D eigenvalue weighted by molar-refractivity contribution is 5.72. The molecule has 9 nitrogen and oxygen atoms in total. The first-order valence-electron chi connectivity index (χ1n) is 8.49. The summed E-state index contributed by atoms with van der Waals surface area (Å²) in [5.74, 6) is -0.00457. The second kappa shape index (κ2) is 6.48. The van der Waals surface area contributed by atoms with Gasteiger partial charge < -0.3 is 15.3 Å². The van der Waals surface area contributed by atoms with E-state index >= 15 is 0 Å². The highest BCUT2D eigenvalue weighted by Gasteiger charge is 2.29. The van der Waals surface area contributed by atoms with Crippen molar-refractivity contribution in [1.82, 2.24) is 24.5 Å². The fraction of sp³-hybridized carbons (Fsp3) is 0.353. The van der Waals surface area contributed by atoms with Crippen LogP contribution in [0.3, 0.4) is 0 Å². The molecule has 4 rings (SSSR count). The van der Waals surface area contributed by atoms with Crippen molar-refractivity contribution in [1.29, 1.82) is 5.26 Å². The molecule has 1 saturated carbocycles. The van der Waals surface area contributed by atoms with Crippen LogP contribution in [-0.2, 0) is 0 Å². The van der Waals surface area contributed by atoms with Gasteiger partial charge in [-0.2, -0.15) is 10.2 Å². The molecule has 1 unspecified atom stereocenters. The van der Waals surface area contributed by atoms with Crippen molar-refractivity contribution in [2.24, 2.45) is 5.92 Å². The summed E-state index contributed by atoms with van der Waals surface area (Å²) in [6, 6.07) is 5.41. The van der Waals surface area contributed by atoms with E-state index in [1.165, 1.54) is 12.4 Å². The summed E-state index contributed by atoms with van der Waals surface area (Å²) in [5.41, 5.74) is 0.663. The lowest BCUT2D eigenvalue weighted by molar-refractivity contribution is 0.289. The van der Waals surface area contributed by atoms with Gasteiger partial charge in [-0.25, -0.2) is 9.78 Å². The monoisotopic (exact) mass is 351 g/mol. The lowest BCUT2D eigenvalue weighted by Crippen LogP contribution is -2.29. The van der Waals surface area contributed by atoms with E-state index in [0.717, 1.165) is 25.7 Å². The average Bonchev–Trinajstić information content (AvgIpc) is 2.98. The molecule has 26 heavy (non-hydrogen) atoms. The Morgan fingerprint density at radius 1 is 1.31 bits per heavy atom. The molecule has 0 aliphatic heterocycles. The minimum absolute atomic E-state index is 0.210. The minimum atomic E-state index is -0.295. The van der Waals surface area contributed by atoms with Crippen LogP contribution >= 0.6 is 0 Å². The Bertz CT molecular complexity index is 1100. The van der Waals surface area contributed by atoms with Gasteiger partial charge in [-0.15, -0.1) is 0 Å². The molecule has 0 bridgehead atoms. The molecule has 1 aliphatic carbocycles. The zero-order valence-electron chi connectivity index (χ0n) is 13.9. The maximum Gasteiger partial charge on any atom is 0.328 e. The van der Waals surface area contributed by atoms with E-state index in [-0.39, 0.29) is 29.2 Å². The fourth-order valence-electron chi connectivity index (χ4n) is 3.50. The molecule has 0 spiro atoms. The van der Waals surface area contributed by atoms with E-state index in [1.54, 1.807) is 16.7 Å². The fourth-order valence-corrected chi connectivity index (χ4v) is 3.50. The van der Waals surface area contributed by atoms with Crippen molar-refractivity contribution in [3.05, 3.63) is 45.4 Å². The molecule has 3 aromatic rings. The van der Waals surface area contributed by atoms with Gasteiger partial charge in [-0.1, -0.05) is 12.8 Å². The normalized spacial score (nSPS) is 20.0. The van der Waals surface area contributed by atoms with Crippen LogP contribution in [0.25, 0.3) is 11.2 Å². The van der Waals surface area contributed by atoms with Crippen LogP contribution in [0.15, 0.2) is 34.1 Å². The lowest BCUT2D eigenvalue weighted by atomic mass is 9.85. The molecule has 0 radical (unpaired) electrons. The predicted molar refractivity (Wildman–Crippen MR) is 95.1 cm³/mol. The van der Waals surface area contributed by atoms with Crippen molar-refractivity contribution < 1.29 is 0 Å². The van der Waals surface area contributed by atoms with E-state index in [9.17, 15) is 14.9 Å². The molecule has 3 heterocycles. The van der Waals surface area contributed by atoms with Crippen LogP contribution in [0.2, 0.25) is 0 Å². The van der Waals surface area contributed by atoms with Crippen molar-refractivity contribution >= 4 is 22.8 Å². The number of rotatable bonds is 3. The van der Waals surface area contributed by atoms with Crippen molar-refractivity contribution in [2.75, 3.05) is 5.32 Å². The third-order valence-corrected chi connectivity index (χ3v) is 4.75. The zero-order chi connectivity index (χ0) is 18.1. The number of nitrogens with zero attached hydrogens (tertiary/aromatic N) is 4. The van der Waals surface area contributed by atoms with Gasteiger partial charge in [0.25, 0.3) is 5.56 Å². The van der Waals surface area contributed by atoms with Crippen molar-refractivity contribution in [2.45, 2.75) is 31.7 Å². The second-order valence-electron chi connectivity index (χ2n) is 6.36. The van der Waals surface area contributed by atoms with Crippen molar-refractivity contribution in [3.63, 3.8) is 0 Å². The molecule has 9 heteroatoms. The van der Waals surface area contributed by atoms with Crippen LogP contribution in [-0.4, -0.2) is 24.5 Å². The van der Waals surface area contributed by atoms with E-state index in [2.05, 4.69) is 31.3 Å². The Morgan fingerprint density at radius 2 is 2.15 bits per heavy atom. The summed E-state index contributed by atoms with van der Waals surface area (Å²) >= 11 is 0. The molecule has 0 aromatic carbocycles. The first-order valence-corrected chi connectivity index (χ1v) is 8.49. The molecule has 1 aliphatic rings. The number of anilines is 2. The summed E-state index contributed by atoms with van der Waals surface area (Å²) in [6.07, 6.45) is 6.53. The topological polar surface area (TPSA) is 132 Å². The van der Waals surface area contributed by atoms with Gasteiger partial charge in [0.05, 0.1) is 24.2 Å². The SMILES string of the molecule is N#CC1CCCC[C@@H]1n1c(=O)[nH]c2cnc(Nc3ccc[nH]c3=O)nc21. The van der Waals surface area contributed by atoms with Crippen LogP contribution < -0.4 is 16.6 Å². The third kappa shape index (κ3) is 2.75. The number of imidazole rings is 1. The first-order chi connectivity index (χ1) is 12.7. The molecule has 0 saturated heterocycles. The minimum Gasteiger partial charge on any atom is -0.327 e. The number of hydrogen-bond acceptors (Lipinski definition) is 6. The van der Waals surface area contributed by atoms with Crippen LogP contribution in [0, 0.1) is 17.2 Å². The number of hydrogen-bond donors (Lipinski definition) is 3. The number of H-pyrrole nitrogens is 2. The summed E-state index contributed by atoms with van der Waals surface area (Å²) in [6.45, 7) is 0. The van der Waals surface area contributed by atoms with Gasteiger partial charge in [0.1, 0.15) is 11.2 Å². The lowest BCUT2D eigenvalue weighted by Gasteiger charge is -2.27. The van der Waals surface area contributed by atoms with Crippen LogP contribution in [0.1, 0.15) is 31.7 Å². The van der Waals surface area contributed by atoms with Crippen LogP contribution in [0.5, 0.6) is 0 Å². The number of pyridine rings is 1. The smallest absolute Gasteiger partial charge is 0.327 e. The van der Waals surface area contributed by atoms with E-state index in [4.69, 9.17) is 0 Å². The van der Waals surface area contributed by atoms with E-state index in [0.29, 0.717) is 16.9 Å². The number of nitrogens with one attached hydrogen (secondary N) is 3. The van der Waals surface area contributed by atoms with Gasteiger partial charge in [0.15, 0.2) is 5.65 Å². The summed E-state index contributed by atoms with van der Waals surface area (Å²) in [7, 11) is 0. The van der Waals surface area contributed by atoms with Crippen molar-refractivity contribution in [3.8, 4) is 6.07 Å². The molecule has 132 valence electrons. The number of aromatic amines is 2. The van der Waals surface area contributed by atoms with Gasteiger partial charge in [-0.3, -0.25) is 9.36 Å². The zero-order valence-corrected chi connectivity index (χ0v) is 13.9. The Balaban J connectivity index is 1.78. The highest BCUT2D eigenvalue weighted by Crippen LogP contribution is 2.34. The van der Waals surface area contributed by atoms with E-state index < -0.39 is 0 Å². The Kier molecular flexibility index (Phi) is 4.01. The Labute approximate surface area is 147 Å². The van der Waals surface area contributed by atoms with Gasteiger partial charge in [0, 0.05) is 6.20 Å². The number of fused-ring (bicyclic) bond motifs is 1. The largest absolute Gasteiger partial charge is 0.328 e. The molecule has 3 N–H and O–H groups in total. The summed E-state index contributed by atoms with van der Waals surface area (Å²) in [4.78, 5) is 38.2. The molecule has 3 aromatic heterocycles. The van der Waals surface area contributed by atoms with Gasteiger partial charge >= 0.3 is 5.69 Å². The Morgan fingerprint density at radius 3 is 2.96 bits per heavy atom. The summed E-state index contributed by atoms with van der Waals surface area (Å²) < 4.78 is 1.56. The predicted octanol–water partition coefficient (Wildman–Crippen LogP) is 1.81. The molecule has 2 atom stereocenters. The average molecular weight is 351 g/mol. The molecular weight excluding hydrogens is 334 g/mol. The van der Waals surface area contributed by atoms with Crippen LogP contribution in [0.4, 0.5) is 11.6 Å². The number of aromatic nitrogens is 5. The van der Waals surface area contributed by atoms with Gasteiger partial charge in [0.2, 0.25) is 5.95 Å². The third-order valence-electron chi connectivity index (χ3n) is 4.75. The Hall–Kier alpha value is -3.41. The first kappa shape index (κ1) is 16.1. The highest BCUT2D eigenvalue weighted by atomic mass is 16.1. The maximum absolute atomic E-state index is 12.5. The quantitative estimate of drug-likeness (QED) is 0.659. The van der Waals surface area contributed by atoms with Gasteiger partial charge in [-0.05, 0) is 25.0 Å². The summed E-state index contributed by atoms with van der Waals surface area (Å²) in [5, 5.41) is 12.3. The molecule has 1 fully saturated rings.